The van der Waals surface area contributed by atoms with Crippen molar-refractivity contribution in [2.24, 2.45) is 5.92 Å². The quantitative estimate of drug-likeness (QED) is 0.897. The van der Waals surface area contributed by atoms with Crippen LogP contribution in [0, 0.1) is 5.92 Å². The fourth-order valence-corrected chi connectivity index (χ4v) is 3.00. The molecule has 4 heteroatoms. The van der Waals surface area contributed by atoms with Crippen molar-refractivity contribution < 1.29 is 9.90 Å². The van der Waals surface area contributed by atoms with Crippen molar-refractivity contribution in [2.45, 2.75) is 45.4 Å². The van der Waals surface area contributed by atoms with Crippen LogP contribution >= 0.6 is 0 Å². The van der Waals surface area contributed by atoms with E-state index in [0.717, 1.165) is 25.8 Å². The van der Waals surface area contributed by atoms with Crippen molar-refractivity contribution in [1.82, 2.24) is 10.2 Å². The van der Waals surface area contributed by atoms with Gasteiger partial charge in [0.2, 0.25) is 0 Å². The fraction of sp³-hybridized carbons (Fsp3) is 0.632. The standard InChI is InChI=1S/C19H30N2O2/c1-19(2,3)17-8-6-15(7-9-17)10-11-20-18(23)21-12-4-5-16(13-21)14-22/h6-9,16,22H,4-5,10-14H2,1-3H3,(H,20,23). The van der Waals surface area contributed by atoms with E-state index in [0.29, 0.717) is 13.1 Å². The zero-order valence-electron chi connectivity index (χ0n) is 14.6. The fourth-order valence-electron chi connectivity index (χ4n) is 3.00. The third-order valence-electron chi connectivity index (χ3n) is 4.57. The maximum Gasteiger partial charge on any atom is 0.317 e. The molecule has 0 radical (unpaired) electrons. The van der Waals surface area contributed by atoms with Crippen LogP contribution in [0.3, 0.4) is 0 Å². The first kappa shape index (κ1) is 17.8. The van der Waals surface area contributed by atoms with Gasteiger partial charge in [-0.1, -0.05) is 45.0 Å². The van der Waals surface area contributed by atoms with Crippen molar-refractivity contribution in [3.63, 3.8) is 0 Å². The first-order valence-corrected chi connectivity index (χ1v) is 8.63. The molecule has 2 rings (SSSR count). The van der Waals surface area contributed by atoms with Gasteiger partial charge in [0.25, 0.3) is 0 Å². The Morgan fingerprint density at radius 2 is 2.00 bits per heavy atom. The number of benzene rings is 1. The van der Waals surface area contributed by atoms with Gasteiger partial charge in [-0.3, -0.25) is 0 Å². The molecule has 1 saturated heterocycles. The highest BCUT2D eigenvalue weighted by Crippen LogP contribution is 2.22. The van der Waals surface area contributed by atoms with Crippen LogP contribution < -0.4 is 5.32 Å². The third kappa shape index (κ3) is 5.24. The van der Waals surface area contributed by atoms with E-state index in [9.17, 15) is 9.90 Å². The Bertz CT molecular complexity index is 505. The van der Waals surface area contributed by atoms with Gasteiger partial charge in [-0.05, 0) is 41.7 Å². The molecule has 23 heavy (non-hydrogen) atoms. The summed E-state index contributed by atoms with van der Waals surface area (Å²) >= 11 is 0. The molecule has 0 spiro atoms. The van der Waals surface area contributed by atoms with Gasteiger partial charge >= 0.3 is 6.03 Å². The summed E-state index contributed by atoms with van der Waals surface area (Å²) in [5.41, 5.74) is 2.74. The highest BCUT2D eigenvalue weighted by Gasteiger charge is 2.22. The van der Waals surface area contributed by atoms with Crippen LogP contribution in [0.1, 0.15) is 44.7 Å². The number of nitrogens with zero attached hydrogens (tertiary/aromatic N) is 1. The zero-order chi connectivity index (χ0) is 16.9. The summed E-state index contributed by atoms with van der Waals surface area (Å²) in [6.07, 6.45) is 2.83. The zero-order valence-corrected chi connectivity index (χ0v) is 14.6. The van der Waals surface area contributed by atoms with Crippen LogP contribution in [0.5, 0.6) is 0 Å². The molecule has 0 saturated carbocycles. The van der Waals surface area contributed by atoms with Crippen molar-refractivity contribution in [3.05, 3.63) is 35.4 Å². The lowest BCUT2D eigenvalue weighted by Crippen LogP contribution is -2.46. The lowest BCUT2D eigenvalue weighted by atomic mass is 9.86. The molecule has 0 bridgehead atoms. The van der Waals surface area contributed by atoms with E-state index >= 15 is 0 Å². The third-order valence-corrected chi connectivity index (χ3v) is 4.57. The summed E-state index contributed by atoms with van der Waals surface area (Å²) in [7, 11) is 0. The van der Waals surface area contributed by atoms with Gasteiger partial charge in [-0.25, -0.2) is 4.79 Å². The molecule has 1 aliphatic heterocycles. The molecule has 1 fully saturated rings. The van der Waals surface area contributed by atoms with Crippen LogP contribution in [0.2, 0.25) is 0 Å². The number of nitrogens with one attached hydrogen (secondary N) is 1. The highest BCUT2D eigenvalue weighted by atomic mass is 16.3. The van der Waals surface area contributed by atoms with E-state index in [-0.39, 0.29) is 24.0 Å². The number of aliphatic hydroxyl groups excluding tert-OH is 1. The van der Waals surface area contributed by atoms with E-state index in [4.69, 9.17) is 0 Å². The average Bonchev–Trinajstić information content (AvgIpc) is 2.54. The lowest BCUT2D eigenvalue weighted by Gasteiger charge is -2.31. The van der Waals surface area contributed by atoms with Gasteiger partial charge < -0.3 is 15.3 Å². The van der Waals surface area contributed by atoms with Gasteiger partial charge in [0.1, 0.15) is 0 Å². The van der Waals surface area contributed by atoms with E-state index in [1.54, 1.807) is 0 Å². The Hall–Kier alpha value is -1.55. The summed E-state index contributed by atoms with van der Waals surface area (Å²) in [4.78, 5) is 14.0. The van der Waals surface area contributed by atoms with Gasteiger partial charge in [-0.2, -0.15) is 0 Å². The SMILES string of the molecule is CC(C)(C)c1ccc(CCNC(=O)N2CCCC(CO)C2)cc1. The van der Waals surface area contributed by atoms with Gasteiger partial charge in [0.05, 0.1) is 0 Å². The van der Waals surface area contributed by atoms with Crippen LogP contribution in [0.15, 0.2) is 24.3 Å². The number of piperidine rings is 1. The number of rotatable bonds is 4. The first-order chi connectivity index (χ1) is 10.9. The molecule has 0 aliphatic carbocycles. The molecule has 2 N–H and O–H groups in total. The number of carbonyl (C=O) groups excluding carboxylic acids is 1. The Kier molecular flexibility index (Phi) is 6.05. The molecular weight excluding hydrogens is 288 g/mol. The Morgan fingerprint density at radius 3 is 2.61 bits per heavy atom. The van der Waals surface area contributed by atoms with E-state index in [1.165, 1.54) is 11.1 Å². The summed E-state index contributed by atoms with van der Waals surface area (Å²) in [6, 6.07) is 8.64. The minimum atomic E-state index is -0.00513. The summed E-state index contributed by atoms with van der Waals surface area (Å²) in [5.74, 6) is 0.236. The predicted molar refractivity (Wildman–Crippen MR) is 93.6 cm³/mol. The topological polar surface area (TPSA) is 52.6 Å². The Balaban J connectivity index is 1.77. The summed E-state index contributed by atoms with van der Waals surface area (Å²) in [5, 5.41) is 12.2. The molecule has 128 valence electrons. The lowest BCUT2D eigenvalue weighted by molar-refractivity contribution is 0.129. The van der Waals surface area contributed by atoms with Gasteiger partial charge in [0.15, 0.2) is 0 Å². The van der Waals surface area contributed by atoms with Gasteiger partial charge in [0, 0.05) is 26.2 Å². The number of carbonyl (C=O) groups is 1. The van der Waals surface area contributed by atoms with Crippen molar-refractivity contribution in [3.8, 4) is 0 Å². The monoisotopic (exact) mass is 318 g/mol. The molecule has 2 amide bonds. The second-order valence-corrected chi connectivity index (χ2v) is 7.57. The van der Waals surface area contributed by atoms with Crippen molar-refractivity contribution in [1.29, 1.82) is 0 Å². The molecule has 1 aliphatic rings. The maximum absolute atomic E-state index is 12.2. The number of hydrogen-bond acceptors (Lipinski definition) is 2. The molecular formula is C19H30N2O2. The number of aliphatic hydroxyl groups is 1. The second-order valence-electron chi connectivity index (χ2n) is 7.57. The molecule has 1 unspecified atom stereocenters. The second kappa shape index (κ2) is 7.82. The van der Waals surface area contributed by atoms with Crippen LogP contribution in [-0.2, 0) is 11.8 Å². The molecule has 4 nitrogen and oxygen atoms in total. The Morgan fingerprint density at radius 1 is 1.30 bits per heavy atom. The molecule has 0 aromatic heterocycles. The highest BCUT2D eigenvalue weighted by molar-refractivity contribution is 5.74. The molecule has 1 heterocycles. The normalized spacial score (nSPS) is 18.8. The maximum atomic E-state index is 12.2. The van der Waals surface area contributed by atoms with Gasteiger partial charge in [-0.15, -0.1) is 0 Å². The smallest absolute Gasteiger partial charge is 0.317 e. The number of likely N-dealkylation sites (tertiary alicyclic amines) is 1. The molecule has 1 aromatic rings. The van der Waals surface area contributed by atoms with E-state index < -0.39 is 0 Å². The van der Waals surface area contributed by atoms with Crippen molar-refractivity contribution >= 4 is 6.03 Å². The Labute approximate surface area is 139 Å². The van der Waals surface area contributed by atoms with Crippen LogP contribution in [0.4, 0.5) is 4.79 Å². The van der Waals surface area contributed by atoms with Crippen molar-refractivity contribution in [2.75, 3.05) is 26.2 Å². The van der Waals surface area contributed by atoms with E-state index in [1.807, 2.05) is 4.90 Å². The van der Waals surface area contributed by atoms with E-state index in [2.05, 4.69) is 50.4 Å². The molecule has 1 atom stereocenters. The number of amides is 2. The van der Waals surface area contributed by atoms with Crippen LogP contribution in [-0.4, -0.2) is 42.3 Å². The minimum absolute atomic E-state index is 0.00513. The van der Waals surface area contributed by atoms with Crippen LogP contribution in [0.25, 0.3) is 0 Å². The minimum Gasteiger partial charge on any atom is -0.396 e. The largest absolute Gasteiger partial charge is 0.396 e. The summed E-state index contributed by atoms with van der Waals surface area (Å²) < 4.78 is 0. The molecule has 1 aromatic carbocycles. The number of hydrogen-bond donors (Lipinski definition) is 2. The first-order valence-electron chi connectivity index (χ1n) is 8.63. The number of urea groups is 1. The summed E-state index contributed by atoms with van der Waals surface area (Å²) in [6.45, 7) is 8.91. The average molecular weight is 318 g/mol. The predicted octanol–water partition coefficient (Wildman–Crippen LogP) is 2.94.